The number of hydrogen-bond donors (Lipinski definition) is 1. The summed E-state index contributed by atoms with van der Waals surface area (Å²) in [5.41, 5.74) is 11.3. The average molecular weight is 421 g/mol. The summed E-state index contributed by atoms with van der Waals surface area (Å²) in [5.74, 6) is 1.74. The van der Waals surface area contributed by atoms with E-state index in [1.807, 2.05) is 32.0 Å². The summed E-state index contributed by atoms with van der Waals surface area (Å²) in [5, 5.41) is 4.29. The Bertz CT molecular complexity index is 1070. The van der Waals surface area contributed by atoms with Crippen molar-refractivity contribution < 1.29 is 14.0 Å². The number of morpholine rings is 1. The average Bonchev–Trinajstić information content (AvgIpc) is 3.43. The van der Waals surface area contributed by atoms with Crippen LogP contribution in [0.3, 0.4) is 0 Å². The quantitative estimate of drug-likeness (QED) is 0.622. The van der Waals surface area contributed by atoms with E-state index in [0.717, 1.165) is 50.3 Å². The highest BCUT2D eigenvalue weighted by molar-refractivity contribution is 5.69. The Morgan fingerprint density at radius 1 is 1.16 bits per heavy atom. The van der Waals surface area contributed by atoms with Crippen molar-refractivity contribution >= 4 is 5.69 Å². The van der Waals surface area contributed by atoms with E-state index in [9.17, 15) is 0 Å². The molecule has 0 amide bonds. The van der Waals surface area contributed by atoms with Crippen molar-refractivity contribution in [3.05, 3.63) is 47.5 Å². The normalized spacial score (nSPS) is 19.0. The van der Waals surface area contributed by atoms with Crippen LogP contribution in [0, 0.1) is 0 Å². The van der Waals surface area contributed by atoms with E-state index in [1.165, 1.54) is 11.1 Å². The Morgan fingerprint density at radius 2 is 2.00 bits per heavy atom. The van der Waals surface area contributed by atoms with Crippen molar-refractivity contribution in [1.29, 1.82) is 0 Å². The summed E-state index contributed by atoms with van der Waals surface area (Å²) in [7, 11) is 0. The van der Waals surface area contributed by atoms with Gasteiger partial charge in [-0.05, 0) is 56.0 Å². The molecule has 162 valence electrons. The van der Waals surface area contributed by atoms with Crippen molar-refractivity contribution in [3.63, 3.8) is 0 Å². The van der Waals surface area contributed by atoms with Crippen molar-refractivity contribution in [2.45, 2.75) is 38.8 Å². The topological polar surface area (TPSA) is 86.6 Å². The molecule has 7 heteroatoms. The molecule has 2 N–H and O–H groups in total. The molecule has 2 aromatic carbocycles. The third-order valence-electron chi connectivity index (χ3n) is 6.01. The number of fused-ring (bicyclic) bond motifs is 1. The second-order valence-corrected chi connectivity index (χ2v) is 8.42. The zero-order valence-electron chi connectivity index (χ0n) is 18.0. The van der Waals surface area contributed by atoms with E-state index in [-0.39, 0.29) is 6.10 Å². The first-order valence-corrected chi connectivity index (χ1v) is 10.9. The summed E-state index contributed by atoms with van der Waals surface area (Å²) >= 11 is 0. The minimum atomic E-state index is 0.0598. The second-order valence-electron chi connectivity index (χ2n) is 8.42. The first-order valence-electron chi connectivity index (χ1n) is 10.9. The van der Waals surface area contributed by atoms with Crippen LogP contribution in [-0.4, -0.2) is 47.4 Å². The molecule has 0 spiro atoms. The lowest BCUT2D eigenvalue weighted by Crippen LogP contribution is -2.38. The third kappa shape index (κ3) is 3.91. The molecule has 0 saturated carbocycles. The van der Waals surface area contributed by atoms with Gasteiger partial charge in [0.05, 0.1) is 25.0 Å². The molecule has 1 aliphatic heterocycles. The van der Waals surface area contributed by atoms with Gasteiger partial charge < -0.3 is 19.7 Å². The smallest absolute Gasteiger partial charge is 0.258 e. The van der Waals surface area contributed by atoms with Crippen LogP contribution in [0.4, 0.5) is 5.69 Å². The molecule has 0 bridgehead atoms. The molecule has 1 unspecified atom stereocenters. The second kappa shape index (κ2) is 8.32. The van der Waals surface area contributed by atoms with Crippen LogP contribution in [0.2, 0.25) is 0 Å². The number of hydrogen-bond acceptors (Lipinski definition) is 7. The summed E-state index contributed by atoms with van der Waals surface area (Å²) in [6.45, 7) is 7.53. The number of nitrogen functional groups attached to an aromatic ring is 1. The zero-order valence-corrected chi connectivity index (χ0v) is 18.0. The van der Waals surface area contributed by atoms with E-state index in [2.05, 4.69) is 33.2 Å². The molecule has 0 radical (unpaired) electrons. The molecule has 7 nitrogen and oxygen atoms in total. The number of rotatable bonds is 5. The largest absolute Gasteiger partial charge is 0.489 e. The van der Waals surface area contributed by atoms with Gasteiger partial charge in [-0.1, -0.05) is 23.4 Å². The predicted molar refractivity (Wildman–Crippen MR) is 119 cm³/mol. The van der Waals surface area contributed by atoms with E-state index in [4.69, 9.17) is 19.7 Å². The molecule has 2 aliphatic rings. The number of aromatic nitrogens is 2. The highest BCUT2D eigenvalue weighted by Crippen LogP contribution is 2.40. The molecule has 1 aliphatic carbocycles. The SMILES string of the molecule is CC(C)Oc1ccc(-c2nc(-c3cccc4c3CCC4N3CCOCC3)no2)cc1N. The fourth-order valence-electron chi connectivity index (χ4n) is 4.60. The monoisotopic (exact) mass is 420 g/mol. The standard InChI is InChI=1S/C24H28N4O3/c1-15(2)30-22-9-6-16(14-20(22)25)24-26-23(27-31-24)19-5-3-4-18-17(19)7-8-21(18)28-10-12-29-13-11-28/h3-6,9,14-15,21H,7-8,10-13,25H2,1-2H3. The van der Waals surface area contributed by atoms with Crippen LogP contribution < -0.4 is 10.5 Å². The van der Waals surface area contributed by atoms with Crippen LogP contribution in [0.25, 0.3) is 22.8 Å². The Balaban J connectivity index is 1.42. The maximum Gasteiger partial charge on any atom is 0.258 e. The maximum absolute atomic E-state index is 6.16. The Labute approximate surface area is 182 Å². The van der Waals surface area contributed by atoms with E-state index >= 15 is 0 Å². The van der Waals surface area contributed by atoms with Gasteiger partial charge in [-0.2, -0.15) is 4.98 Å². The minimum absolute atomic E-state index is 0.0598. The summed E-state index contributed by atoms with van der Waals surface area (Å²) in [6.07, 6.45) is 2.20. The third-order valence-corrected chi connectivity index (χ3v) is 6.01. The first kappa shape index (κ1) is 20.0. The van der Waals surface area contributed by atoms with Crippen LogP contribution in [-0.2, 0) is 11.2 Å². The Hall–Kier alpha value is -2.90. The van der Waals surface area contributed by atoms with Gasteiger partial charge >= 0.3 is 0 Å². The molecule has 1 atom stereocenters. The van der Waals surface area contributed by atoms with Gasteiger partial charge in [-0.25, -0.2) is 0 Å². The number of nitrogens with two attached hydrogens (primary N) is 1. The molecule has 31 heavy (non-hydrogen) atoms. The fourth-order valence-corrected chi connectivity index (χ4v) is 4.60. The van der Waals surface area contributed by atoms with Gasteiger partial charge in [-0.3, -0.25) is 4.90 Å². The lowest BCUT2D eigenvalue weighted by atomic mass is 10.0. The number of ether oxygens (including phenoxy) is 2. The Kier molecular flexibility index (Phi) is 5.38. The molecule has 5 rings (SSSR count). The summed E-state index contributed by atoms with van der Waals surface area (Å²) < 4.78 is 16.8. The lowest BCUT2D eigenvalue weighted by molar-refractivity contribution is 0.0164. The fraction of sp³-hybridized carbons (Fsp3) is 0.417. The van der Waals surface area contributed by atoms with E-state index < -0.39 is 0 Å². The molecule has 1 aromatic heterocycles. The number of benzene rings is 2. The van der Waals surface area contributed by atoms with Gasteiger partial charge in [0.15, 0.2) is 0 Å². The number of nitrogens with zero attached hydrogens (tertiary/aromatic N) is 3. The van der Waals surface area contributed by atoms with E-state index in [1.54, 1.807) is 0 Å². The van der Waals surface area contributed by atoms with Crippen LogP contribution in [0.1, 0.15) is 37.4 Å². The van der Waals surface area contributed by atoms with Crippen LogP contribution >= 0.6 is 0 Å². The van der Waals surface area contributed by atoms with Gasteiger partial charge in [-0.15, -0.1) is 0 Å². The minimum Gasteiger partial charge on any atom is -0.489 e. The van der Waals surface area contributed by atoms with Gasteiger partial charge in [0.2, 0.25) is 5.82 Å². The molecular formula is C24H28N4O3. The van der Waals surface area contributed by atoms with Crippen molar-refractivity contribution in [2.24, 2.45) is 0 Å². The van der Waals surface area contributed by atoms with Gasteiger partial charge in [0.1, 0.15) is 5.75 Å². The first-order chi connectivity index (χ1) is 15.1. The lowest BCUT2D eigenvalue weighted by Gasteiger charge is -2.32. The summed E-state index contributed by atoms with van der Waals surface area (Å²) in [6, 6.07) is 12.4. The number of anilines is 1. The van der Waals surface area contributed by atoms with Crippen molar-refractivity contribution in [2.75, 3.05) is 32.0 Å². The van der Waals surface area contributed by atoms with Crippen LogP contribution in [0.15, 0.2) is 40.9 Å². The van der Waals surface area contributed by atoms with Crippen molar-refractivity contribution in [3.8, 4) is 28.6 Å². The summed E-state index contributed by atoms with van der Waals surface area (Å²) in [4.78, 5) is 7.22. The van der Waals surface area contributed by atoms with Crippen molar-refractivity contribution in [1.82, 2.24) is 15.0 Å². The molecule has 1 saturated heterocycles. The highest BCUT2D eigenvalue weighted by atomic mass is 16.5. The van der Waals surface area contributed by atoms with Gasteiger partial charge in [0.25, 0.3) is 5.89 Å². The van der Waals surface area contributed by atoms with Gasteiger partial charge in [0, 0.05) is 30.3 Å². The zero-order chi connectivity index (χ0) is 21.4. The molecule has 3 aromatic rings. The maximum atomic E-state index is 6.16. The molecule has 2 heterocycles. The van der Waals surface area contributed by atoms with Crippen LogP contribution in [0.5, 0.6) is 5.75 Å². The molecule has 1 fully saturated rings. The highest BCUT2D eigenvalue weighted by Gasteiger charge is 2.31. The van der Waals surface area contributed by atoms with E-state index in [0.29, 0.717) is 29.2 Å². The Morgan fingerprint density at radius 3 is 2.77 bits per heavy atom. The predicted octanol–water partition coefficient (Wildman–Crippen LogP) is 4.09. The molecular weight excluding hydrogens is 392 g/mol.